The van der Waals surface area contributed by atoms with Crippen LogP contribution in [0.1, 0.15) is 19.8 Å². The molecule has 6 heteroatoms. The summed E-state index contributed by atoms with van der Waals surface area (Å²) in [6, 6.07) is 7.30. The van der Waals surface area contributed by atoms with Crippen LogP contribution < -0.4 is 10.1 Å². The molecule has 19 heavy (non-hydrogen) atoms. The zero-order valence-electron chi connectivity index (χ0n) is 10.7. The first kappa shape index (κ1) is 15.4. The Kier molecular flexibility index (Phi) is 6.81. The third kappa shape index (κ3) is 6.15. The van der Waals surface area contributed by atoms with Gasteiger partial charge in [0.05, 0.1) is 4.90 Å². The van der Waals surface area contributed by atoms with E-state index in [1.807, 2.05) is 19.1 Å². The third-order valence-corrected chi connectivity index (χ3v) is 3.13. The highest BCUT2D eigenvalue weighted by Gasteiger charge is 2.08. The summed E-state index contributed by atoms with van der Waals surface area (Å²) in [4.78, 5) is 22.7. The van der Waals surface area contributed by atoms with Crippen molar-refractivity contribution < 1.29 is 19.4 Å². The van der Waals surface area contributed by atoms with Crippen LogP contribution >= 0.6 is 11.8 Å². The molecule has 0 aliphatic rings. The van der Waals surface area contributed by atoms with Crippen molar-refractivity contribution in [1.29, 1.82) is 0 Å². The Bertz CT molecular complexity index is 436. The second kappa shape index (κ2) is 8.42. The molecule has 0 aliphatic carbocycles. The predicted molar refractivity (Wildman–Crippen MR) is 73.7 cm³/mol. The molecule has 0 fully saturated rings. The van der Waals surface area contributed by atoms with E-state index in [9.17, 15) is 9.59 Å². The number of hydrogen-bond acceptors (Lipinski definition) is 4. The van der Waals surface area contributed by atoms with E-state index < -0.39 is 12.1 Å². The van der Waals surface area contributed by atoms with Crippen LogP contribution in [-0.4, -0.2) is 29.5 Å². The molecule has 1 aromatic carbocycles. The number of ether oxygens (including phenoxy) is 1. The Morgan fingerprint density at radius 2 is 2.11 bits per heavy atom. The lowest BCUT2D eigenvalue weighted by molar-refractivity contribution is -0.137. The van der Waals surface area contributed by atoms with Crippen LogP contribution in [0, 0.1) is 0 Å². The normalized spacial score (nSPS) is 9.95. The first-order valence-corrected chi connectivity index (χ1v) is 7.01. The monoisotopic (exact) mass is 283 g/mol. The van der Waals surface area contributed by atoms with Crippen molar-refractivity contribution in [3.8, 4) is 5.75 Å². The van der Waals surface area contributed by atoms with Crippen molar-refractivity contribution in [2.75, 3.05) is 12.3 Å². The van der Waals surface area contributed by atoms with Gasteiger partial charge in [-0.15, -0.1) is 11.8 Å². The predicted octanol–water partition coefficient (Wildman–Crippen LogP) is 2.75. The maximum absolute atomic E-state index is 11.5. The number of carbonyl (C=O) groups is 2. The van der Waals surface area contributed by atoms with E-state index in [0.29, 0.717) is 12.2 Å². The van der Waals surface area contributed by atoms with E-state index in [1.165, 1.54) is 0 Å². The van der Waals surface area contributed by atoms with Gasteiger partial charge in [-0.3, -0.25) is 4.79 Å². The SMILES string of the molecule is CCSc1ccccc1OC(=O)NCCCC(=O)O. The van der Waals surface area contributed by atoms with Gasteiger partial charge in [0, 0.05) is 13.0 Å². The van der Waals surface area contributed by atoms with Gasteiger partial charge in [0.25, 0.3) is 0 Å². The van der Waals surface area contributed by atoms with Gasteiger partial charge < -0.3 is 15.2 Å². The van der Waals surface area contributed by atoms with Gasteiger partial charge in [0.2, 0.25) is 0 Å². The summed E-state index contributed by atoms with van der Waals surface area (Å²) in [5.74, 6) is 0.533. The molecule has 0 aliphatic heterocycles. The lowest BCUT2D eigenvalue weighted by atomic mass is 10.3. The van der Waals surface area contributed by atoms with Crippen molar-refractivity contribution in [1.82, 2.24) is 5.32 Å². The number of thioether (sulfide) groups is 1. The lowest BCUT2D eigenvalue weighted by Crippen LogP contribution is -2.28. The summed E-state index contributed by atoms with van der Waals surface area (Å²) in [6.45, 7) is 2.31. The Balaban J connectivity index is 2.41. The molecule has 1 rings (SSSR count). The molecule has 0 spiro atoms. The number of carboxylic acid groups (broad SMARTS) is 1. The zero-order valence-corrected chi connectivity index (χ0v) is 11.5. The van der Waals surface area contributed by atoms with Crippen molar-refractivity contribution in [2.45, 2.75) is 24.7 Å². The molecule has 0 saturated carbocycles. The minimum Gasteiger partial charge on any atom is -0.481 e. The van der Waals surface area contributed by atoms with Gasteiger partial charge in [-0.05, 0) is 24.3 Å². The number of para-hydroxylation sites is 1. The van der Waals surface area contributed by atoms with Gasteiger partial charge in [-0.25, -0.2) is 4.79 Å². The number of rotatable bonds is 7. The first-order chi connectivity index (χ1) is 9.13. The van der Waals surface area contributed by atoms with Gasteiger partial charge >= 0.3 is 12.1 Å². The molecular weight excluding hydrogens is 266 g/mol. The highest BCUT2D eigenvalue weighted by atomic mass is 32.2. The minimum atomic E-state index is -0.875. The standard InChI is InChI=1S/C13H17NO4S/c1-2-19-11-7-4-3-6-10(11)18-13(17)14-9-5-8-12(15)16/h3-4,6-7H,2,5,8-9H2,1H3,(H,14,17)(H,15,16). The zero-order chi connectivity index (χ0) is 14.1. The minimum absolute atomic E-state index is 0.0303. The number of amides is 1. The Morgan fingerprint density at radius 1 is 1.37 bits per heavy atom. The molecular formula is C13H17NO4S. The molecule has 0 saturated heterocycles. The fraction of sp³-hybridized carbons (Fsp3) is 0.385. The first-order valence-electron chi connectivity index (χ1n) is 6.02. The van der Waals surface area contributed by atoms with Crippen LogP contribution in [0.15, 0.2) is 29.2 Å². The van der Waals surface area contributed by atoms with Crippen molar-refractivity contribution in [3.63, 3.8) is 0 Å². The number of carboxylic acids is 1. The third-order valence-electron chi connectivity index (χ3n) is 2.19. The van der Waals surface area contributed by atoms with Gasteiger partial charge in [0.15, 0.2) is 0 Å². The van der Waals surface area contributed by atoms with Crippen LogP contribution in [0.4, 0.5) is 4.79 Å². The van der Waals surface area contributed by atoms with Crippen LogP contribution in [0.3, 0.4) is 0 Å². The molecule has 104 valence electrons. The summed E-state index contributed by atoms with van der Waals surface area (Å²) in [6.07, 6.45) is -0.146. The maximum atomic E-state index is 11.5. The van der Waals surface area contributed by atoms with Gasteiger partial charge in [-0.2, -0.15) is 0 Å². The number of hydrogen-bond donors (Lipinski definition) is 2. The smallest absolute Gasteiger partial charge is 0.412 e. The molecule has 0 unspecified atom stereocenters. The van der Waals surface area contributed by atoms with E-state index in [1.54, 1.807) is 23.9 Å². The molecule has 1 amide bonds. The van der Waals surface area contributed by atoms with E-state index in [-0.39, 0.29) is 13.0 Å². The largest absolute Gasteiger partial charge is 0.481 e. The quantitative estimate of drug-likeness (QED) is 0.594. The number of aliphatic carboxylic acids is 1. The van der Waals surface area contributed by atoms with Crippen molar-refractivity contribution >= 4 is 23.8 Å². The molecule has 1 aromatic rings. The molecule has 0 radical (unpaired) electrons. The molecule has 0 aromatic heterocycles. The van der Waals surface area contributed by atoms with E-state index >= 15 is 0 Å². The fourth-order valence-electron chi connectivity index (χ4n) is 1.38. The summed E-state index contributed by atoms with van der Waals surface area (Å²) in [5.41, 5.74) is 0. The Labute approximate surface area is 116 Å². The van der Waals surface area contributed by atoms with Crippen LogP contribution in [0.25, 0.3) is 0 Å². The fourth-order valence-corrected chi connectivity index (χ4v) is 2.11. The number of nitrogens with one attached hydrogen (secondary N) is 1. The average molecular weight is 283 g/mol. The average Bonchev–Trinajstić information content (AvgIpc) is 2.37. The topological polar surface area (TPSA) is 75.6 Å². The van der Waals surface area contributed by atoms with Crippen LogP contribution in [0.2, 0.25) is 0 Å². The van der Waals surface area contributed by atoms with E-state index in [4.69, 9.17) is 9.84 Å². The summed E-state index contributed by atoms with van der Waals surface area (Å²) < 4.78 is 5.19. The second-order valence-corrected chi connectivity index (χ2v) is 5.00. The second-order valence-electron chi connectivity index (χ2n) is 3.69. The van der Waals surface area contributed by atoms with Crippen LogP contribution in [-0.2, 0) is 4.79 Å². The van der Waals surface area contributed by atoms with E-state index in [2.05, 4.69) is 5.32 Å². The molecule has 0 atom stereocenters. The Morgan fingerprint density at radius 3 is 2.79 bits per heavy atom. The highest BCUT2D eigenvalue weighted by molar-refractivity contribution is 7.99. The van der Waals surface area contributed by atoms with Gasteiger partial charge in [-0.1, -0.05) is 19.1 Å². The summed E-state index contributed by atoms with van der Waals surface area (Å²) in [7, 11) is 0. The van der Waals surface area contributed by atoms with Crippen LogP contribution in [0.5, 0.6) is 5.75 Å². The number of benzene rings is 1. The van der Waals surface area contributed by atoms with Crippen molar-refractivity contribution in [3.05, 3.63) is 24.3 Å². The summed E-state index contributed by atoms with van der Waals surface area (Å²) in [5, 5.41) is 11.0. The lowest BCUT2D eigenvalue weighted by Gasteiger charge is -2.09. The Hall–Kier alpha value is -1.69. The summed E-state index contributed by atoms with van der Waals surface area (Å²) >= 11 is 1.59. The highest BCUT2D eigenvalue weighted by Crippen LogP contribution is 2.28. The molecule has 0 heterocycles. The molecule has 2 N–H and O–H groups in total. The number of carbonyl (C=O) groups excluding carboxylic acids is 1. The van der Waals surface area contributed by atoms with Gasteiger partial charge in [0.1, 0.15) is 5.75 Å². The van der Waals surface area contributed by atoms with E-state index in [0.717, 1.165) is 10.6 Å². The maximum Gasteiger partial charge on any atom is 0.412 e. The molecule has 5 nitrogen and oxygen atoms in total. The molecule has 0 bridgehead atoms. The van der Waals surface area contributed by atoms with Crippen molar-refractivity contribution in [2.24, 2.45) is 0 Å².